The van der Waals surface area contributed by atoms with E-state index in [0.29, 0.717) is 23.4 Å². The van der Waals surface area contributed by atoms with Crippen LogP contribution >= 0.6 is 22.9 Å². The van der Waals surface area contributed by atoms with Gasteiger partial charge >= 0.3 is 6.18 Å². The van der Waals surface area contributed by atoms with Crippen molar-refractivity contribution >= 4 is 22.9 Å². The van der Waals surface area contributed by atoms with Gasteiger partial charge in [0.25, 0.3) is 0 Å². The highest BCUT2D eigenvalue weighted by atomic mass is 35.5. The smallest absolute Gasteiger partial charge is 0.240 e. The molecule has 1 aromatic heterocycles. The average molecular weight is 394 g/mol. The predicted molar refractivity (Wildman–Crippen MR) is 98.8 cm³/mol. The summed E-state index contributed by atoms with van der Waals surface area (Å²) in [5.41, 5.74) is 0.693. The molecule has 0 amide bonds. The van der Waals surface area contributed by atoms with E-state index in [1.807, 2.05) is 25.1 Å². The zero-order valence-corrected chi connectivity index (χ0v) is 15.5. The molecule has 134 valence electrons. The molecule has 0 N–H and O–H groups in total. The molecule has 1 heterocycles. The fourth-order valence-electron chi connectivity index (χ4n) is 3.38. The van der Waals surface area contributed by atoms with Crippen molar-refractivity contribution in [1.82, 2.24) is 4.98 Å². The molecule has 1 saturated carbocycles. The summed E-state index contributed by atoms with van der Waals surface area (Å²) in [7, 11) is 0. The highest BCUT2D eigenvalue weighted by molar-refractivity contribution is 7.12. The molecule has 3 aromatic rings. The van der Waals surface area contributed by atoms with Gasteiger partial charge in [-0.2, -0.15) is 13.2 Å². The van der Waals surface area contributed by atoms with Crippen molar-refractivity contribution in [3.63, 3.8) is 0 Å². The first-order valence-corrected chi connectivity index (χ1v) is 9.42. The number of hydrogen-bond acceptors (Lipinski definition) is 2. The number of aryl methyl sites for hydroxylation is 1. The van der Waals surface area contributed by atoms with Gasteiger partial charge in [-0.25, -0.2) is 4.98 Å². The van der Waals surface area contributed by atoms with Gasteiger partial charge in [-0.1, -0.05) is 48.0 Å². The van der Waals surface area contributed by atoms with E-state index in [1.54, 1.807) is 18.2 Å². The van der Waals surface area contributed by atoms with Crippen LogP contribution in [-0.4, -0.2) is 4.98 Å². The lowest BCUT2D eigenvalue weighted by molar-refractivity contribution is -0.138. The van der Waals surface area contributed by atoms with Crippen LogP contribution in [0.2, 0.25) is 5.02 Å². The molecule has 0 aliphatic heterocycles. The van der Waals surface area contributed by atoms with Crippen LogP contribution in [0.4, 0.5) is 13.2 Å². The largest absolute Gasteiger partial charge is 0.416 e. The number of hydrogen-bond donors (Lipinski definition) is 0. The SMILES string of the molecule is Cc1sc(C2(c3ccccc3C(F)(F)F)CC2)nc1-c1ccccc1Cl. The second kappa shape index (κ2) is 6.10. The molecular formula is C20H15ClF3NS. The molecule has 6 heteroatoms. The minimum atomic E-state index is -4.37. The van der Waals surface area contributed by atoms with Crippen LogP contribution in [0.25, 0.3) is 11.3 Å². The van der Waals surface area contributed by atoms with Gasteiger partial charge in [0.15, 0.2) is 0 Å². The van der Waals surface area contributed by atoms with Gasteiger partial charge in [-0.15, -0.1) is 11.3 Å². The summed E-state index contributed by atoms with van der Waals surface area (Å²) in [6.07, 6.45) is -3.02. The third-order valence-electron chi connectivity index (χ3n) is 4.83. The summed E-state index contributed by atoms with van der Waals surface area (Å²) < 4.78 is 40.5. The van der Waals surface area contributed by atoms with Crippen LogP contribution in [0.3, 0.4) is 0 Å². The van der Waals surface area contributed by atoms with E-state index in [-0.39, 0.29) is 0 Å². The number of thiazole rings is 1. The molecule has 0 radical (unpaired) electrons. The van der Waals surface area contributed by atoms with Gasteiger partial charge in [0.05, 0.1) is 11.3 Å². The Morgan fingerprint density at radius 3 is 2.35 bits per heavy atom. The Kier molecular flexibility index (Phi) is 4.12. The van der Waals surface area contributed by atoms with Crippen LogP contribution < -0.4 is 0 Å². The van der Waals surface area contributed by atoms with E-state index in [9.17, 15) is 13.2 Å². The highest BCUT2D eigenvalue weighted by Crippen LogP contribution is 2.57. The fourth-order valence-corrected chi connectivity index (χ4v) is 4.79. The Hall–Kier alpha value is -1.85. The normalized spacial score (nSPS) is 15.9. The molecule has 26 heavy (non-hydrogen) atoms. The van der Waals surface area contributed by atoms with Crippen molar-refractivity contribution in [2.24, 2.45) is 0 Å². The summed E-state index contributed by atoms with van der Waals surface area (Å²) >= 11 is 7.75. The first-order chi connectivity index (χ1) is 12.3. The molecule has 1 aliphatic rings. The lowest BCUT2D eigenvalue weighted by Gasteiger charge is -2.19. The molecule has 2 aromatic carbocycles. The molecule has 0 atom stereocenters. The molecule has 1 aliphatic carbocycles. The lowest BCUT2D eigenvalue weighted by atomic mass is 9.91. The molecule has 0 unspecified atom stereocenters. The molecular weight excluding hydrogens is 379 g/mol. The van der Waals surface area contributed by atoms with E-state index in [1.165, 1.54) is 17.4 Å². The number of rotatable bonds is 3. The van der Waals surface area contributed by atoms with E-state index in [2.05, 4.69) is 0 Å². The Balaban J connectivity index is 1.83. The number of aromatic nitrogens is 1. The number of benzene rings is 2. The van der Waals surface area contributed by atoms with Crippen LogP contribution in [0.15, 0.2) is 48.5 Å². The van der Waals surface area contributed by atoms with Crippen molar-refractivity contribution < 1.29 is 13.2 Å². The monoisotopic (exact) mass is 393 g/mol. The predicted octanol–water partition coefficient (Wildman–Crippen LogP) is 6.87. The molecule has 0 saturated heterocycles. The Morgan fingerprint density at radius 1 is 1.04 bits per heavy atom. The van der Waals surface area contributed by atoms with Crippen LogP contribution in [-0.2, 0) is 11.6 Å². The maximum atomic E-state index is 13.5. The second-order valence-electron chi connectivity index (χ2n) is 6.53. The zero-order chi connectivity index (χ0) is 18.5. The summed E-state index contributed by atoms with van der Waals surface area (Å²) in [5, 5.41) is 1.33. The van der Waals surface area contributed by atoms with Crippen molar-refractivity contribution in [3.05, 3.63) is 74.6 Å². The number of nitrogens with zero attached hydrogens (tertiary/aromatic N) is 1. The summed E-state index contributed by atoms with van der Waals surface area (Å²) in [6.45, 7) is 1.94. The third kappa shape index (κ3) is 2.83. The minimum Gasteiger partial charge on any atom is -0.240 e. The standard InChI is InChI=1S/C20H15ClF3NS/c1-12-17(13-6-2-5-9-16(13)21)25-18(26-12)19(10-11-19)14-7-3-4-8-15(14)20(22,23)24/h2-9H,10-11H2,1H3. The van der Waals surface area contributed by atoms with Crippen LogP contribution in [0.5, 0.6) is 0 Å². The summed E-state index contributed by atoms with van der Waals surface area (Å²) in [5.74, 6) is 0. The molecule has 1 nitrogen and oxygen atoms in total. The quantitative estimate of drug-likeness (QED) is 0.473. The Morgan fingerprint density at radius 2 is 1.69 bits per heavy atom. The first-order valence-electron chi connectivity index (χ1n) is 8.22. The Bertz CT molecular complexity index is 973. The fraction of sp³-hybridized carbons (Fsp3) is 0.250. The minimum absolute atomic E-state index is 0.326. The second-order valence-corrected chi connectivity index (χ2v) is 8.14. The highest BCUT2D eigenvalue weighted by Gasteiger charge is 2.52. The molecule has 1 fully saturated rings. The molecule has 0 spiro atoms. The van der Waals surface area contributed by atoms with Crippen molar-refractivity contribution in [3.8, 4) is 11.3 Å². The maximum absolute atomic E-state index is 13.5. The van der Waals surface area contributed by atoms with Crippen molar-refractivity contribution in [2.75, 3.05) is 0 Å². The third-order valence-corrected chi connectivity index (χ3v) is 6.34. The summed E-state index contributed by atoms with van der Waals surface area (Å²) in [6, 6.07) is 13.2. The number of alkyl halides is 3. The Labute approximate surface area is 158 Å². The maximum Gasteiger partial charge on any atom is 0.416 e. The molecule has 4 rings (SSSR count). The number of halogens is 4. The molecule has 0 bridgehead atoms. The average Bonchev–Trinajstić information content (AvgIpc) is 3.32. The van der Waals surface area contributed by atoms with Crippen LogP contribution in [0, 0.1) is 6.92 Å². The van der Waals surface area contributed by atoms with Crippen molar-refractivity contribution in [1.29, 1.82) is 0 Å². The first kappa shape index (κ1) is 17.6. The lowest BCUT2D eigenvalue weighted by Crippen LogP contribution is -2.17. The van der Waals surface area contributed by atoms with E-state index in [4.69, 9.17) is 16.6 Å². The van der Waals surface area contributed by atoms with Gasteiger partial charge in [-0.3, -0.25) is 0 Å². The van der Waals surface area contributed by atoms with Gasteiger partial charge < -0.3 is 0 Å². The van der Waals surface area contributed by atoms with Crippen LogP contribution in [0.1, 0.15) is 33.9 Å². The topological polar surface area (TPSA) is 12.9 Å². The summed E-state index contributed by atoms with van der Waals surface area (Å²) in [4.78, 5) is 5.70. The van der Waals surface area contributed by atoms with Gasteiger partial charge in [0.1, 0.15) is 5.01 Å². The van der Waals surface area contributed by atoms with Gasteiger partial charge in [0, 0.05) is 20.9 Å². The van der Waals surface area contributed by atoms with Gasteiger partial charge in [0.2, 0.25) is 0 Å². The van der Waals surface area contributed by atoms with Gasteiger partial charge in [-0.05, 0) is 37.5 Å². The van der Waals surface area contributed by atoms with E-state index < -0.39 is 17.2 Å². The van der Waals surface area contributed by atoms with E-state index in [0.717, 1.165) is 27.2 Å². The van der Waals surface area contributed by atoms with E-state index >= 15 is 0 Å². The van der Waals surface area contributed by atoms with Crippen molar-refractivity contribution in [2.45, 2.75) is 31.4 Å². The zero-order valence-electron chi connectivity index (χ0n) is 13.9.